The first-order valence-electron chi connectivity index (χ1n) is 29.3. The molecule has 0 aromatic heterocycles. The fourth-order valence-corrected chi connectivity index (χ4v) is 8.73. The van der Waals surface area contributed by atoms with Crippen LogP contribution in [-0.4, -0.2) is 37.2 Å². The number of carbonyl (C=O) groups is 3. The Kier molecular flexibility index (Phi) is 53.7. The highest BCUT2D eigenvalue weighted by molar-refractivity contribution is 5.71. The van der Waals surface area contributed by atoms with Crippen LogP contribution in [0.25, 0.3) is 0 Å². The minimum atomic E-state index is -0.776. The van der Waals surface area contributed by atoms with Gasteiger partial charge >= 0.3 is 17.9 Å². The van der Waals surface area contributed by atoms with E-state index in [2.05, 4.69) is 45.1 Å². The molecule has 0 aliphatic rings. The molecule has 0 aliphatic carbocycles. The lowest BCUT2D eigenvalue weighted by molar-refractivity contribution is -0.167. The highest BCUT2D eigenvalue weighted by Gasteiger charge is 2.19. The smallest absolute Gasteiger partial charge is 0.306 e. The van der Waals surface area contributed by atoms with Gasteiger partial charge in [-0.15, -0.1) is 0 Å². The highest BCUT2D eigenvalue weighted by atomic mass is 16.6. The highest BCUT2D eigenvalue weighted by Crippen LogP contribution is 2.17. The summed E-state index contributed by atoms with van der Waals surface area (Å²) in [6, 6.07) is 0. The molecule has 0 spiro atoms. The largest absolute Gasteiger partial charge is 0.462 e. The third-order valence-electron chi connectivity index (χ3n) is 13.2. The van der Waals surface area contributed by atoms with Crippen molar-refractivity contribution in [1.82, 2.24) is 0 Å². The van der Waals surface area contributed by atoms with E-state index in [0.29, 0.717) is 19.3 Å². The Morgan fingerprint density at radius 3 is 0.773 bits per heavy atom. The molecule has 0 N–H and O–H groups in total. The summed E-state index contributed by atoms with van der Waals surface area (Å²) in [5.74, 6) is -0.874. The van der Waals surface area contributed by atoms with Crippen LogP contribution in [0.1, 0.15) is 323 Å². The molecule has 6 nitrogen and oxygen atoms in total. The lowest BCUT2D eigenvalue weighted by Crippen LogP contribution is -2.30. The van der Waals surface area contributed by atoms with Gasteiger partial charge in [-0.2, -0.15) is 0 Å². The predicted octanol–water partition coefficient (Wildman–Crippen LogP) is 19.5. The molecule has 1 unspecified atom stereocenters. The van der Waals surface area contributed by atoms with Gasteiger partial charge in [0.05, 0.1) is 0 Å². The Hall–Kier alpha value is -2.11. The van der Waals surface area contributed by atoms with Crippen molar-refractivity contribution in [3.8, 4) is 0 Å². The fourth-order valence-electron chi connectivity index (χ4n) is 8.73. The fraction of sp³-hybridized carbons (Fsp3) is 0.883. The SMILES string of the molecule is CCCCCCCC/C=C\CCCCCCCCCC(=O)OC(COC(=O)CCCCC/C=C\CCCCCCCC)COC(=O)CCCCCCCCCCCCCCCCCCCC. The van der Waals surface area contributed by atoms with E-state index in [1.165, 1.54) is 212 Å². The summed E-state index contributed by atoms with van der Waals surface area (Å²) in [7, 11) is 0. The standard InChI is InChI=1S/C60H112O6/c1-4-7-10-13-16-19-22-25-27-29-31-32-35-38-41-44-47-50-53-59(62)65-56-57(55-64-58(61)52-49-46-43-40-37-34-24-21-18-15-12-9-6-3)66-60(63)54-51-48-45-42-39-36-33-30-28-26-23-20-17-14-11-8-5-2/h26,28,34,37,57H,4-25,27,29-33,35-36,38-56H2,1-3H3/b28-26-,37-34-. The monoisotopic (exact) mass is 929 g/mol. The van der Waals surface area contributed by atoms with E-state index in [9.17, 15) is 14.4 Å². The molecule has 1 atom stereocenters. The Morgan fingerprint density at radius 2 is 0.500 bits per heavy atom. The maximum atomic E-state index is 12.9. The van der Waals surface area contributed by atoms with Gasteiger partial charge in [-0.3, -0.25) is 14.4 Å². The molecule has 0 rings (SSSR count). The number of hydrogen-bond donors (Lipinski definition) is 0. The van der Waals surface area contributed by atoms with Crippen LogP contribution in [0.2, 0.25) is 0 Å². The third-order valence-corrected chi connectivity index (χ3v) is 13.2. The summed E-state index contributed by atoms with van der Waals surface area (Å²) in [5.41, 5.74) is 0. The zero-order valence-corrected chi connectivity index (χ0v) is 44.5. The van der Waals surface area contributed by atoms with Crippen molar-refractivity contribution in [1.29, 1.82) is 0 Å². The Labute approximate surface area is 411 Å². The van der Waals surface area contributed by atoms with Crippen molar-refractivity contribution in [2.75, 3.05) is 13.2 Å². The Bertz CT molecular complexity index is 1070. The van der Waals surface area contributed by atoms with Crippen LogP contribution in [0, 0.1) is 0 Å². The molecule has 0 fully saturated rings. The van der Waals surface area contributed by atoms with Crippen molar-refractivity contribution in [2.45, 2.75) is 329 Å². The summed E-state index contributed by atoms with van der Waals surface area (Å²) in [4.78, 5) is 38.1. The molecule has 6 heteroatoms. The summed E-state index contributed by atoms with van der Waals surface area (Å²) in [6.07, 6.45) is 64.5. The molecule has 0 aromatic rings. The van der Waals surface area contributed by atoms with Crippen LogP contribution >= 0.6 is 0 Å². The van der Waals surface area contributed by atoms with E-state index in [1.807, 2.05) is 0 Å². The second kappa shape index (κ2) is 55.5. The molecule has 0 amide bonds. The first-order valence-corrected chi connectivity index (χ1v) is 29.3. The summed E-state index contributed by atoms with van der Waals surface area (Å²) in [6.45, 7) is 6.66. The van der Waals surface area contributed by atoms with Gasteiger partial charge in [-0.05, 0) is 70.6 Å². The maximum absolute atomic E-state index is 12.9. The van der Waals surface area contributed by atoms with Crippen LogP contribution in [0.15, 0.2) is 24.3 Å². The molecule has 0 heterocycles. The van der Waals surface area contributed by atoms with Crippen molar-refractivity contribution in [3.63, 3.8) is 0 Å². The average Bonchev–Trinajstić information content (AvgIpc) is 3.31. The summed E-state index contributed by atoms with van der Waals surface area (Å²) in [5, 5.41) is 0. The molecule has 0 radical (unpaired) electrons. The minimum absolute atomic E-state index is 0.0732. The van der Waals surface area contributed by atoms with Gasteiger partial charge in [-0.1, -0.05) is 257 Å². The lowest BCUT2D eigenvalue weighted by atomic mass is 10.0. The van der Waals surface area contributed by atoms with E-state index < -0.39 is 6.10 Å². The van der Waals surface area contributed by atoms with Gasteiger partial charge in [0.1, 0.15) is 13.2 Å². The summed E-state index contributed by atoms with van der Waals surface area (Å²) >= 11 is 0. The number of hydrogen-bond acceptors (Lipinski definition) is 6. The van der Waals surface area contributed by atoms with Gasteiger partial charge in [0, 0.05) is 19.3 Å². The molecule has 66 heavy (non-hydrogen) atoms. The third kappa shape index (κ3) is 52.9. The number of esters is 3. The number of allylic oxidation sites excluding steroid dienone is 4. The van der Waals surface area contributed by atoms with Crippen LogP contribution in [0.3, 0.4) is 0 Å². The normalized spacial score (nSPS) is 12.1. The molecular weight excluding hydrogens is 817 g/mol. The summed E-state index contributed by atoms with van der Waals surface area (Å²) < 4.78 is 16.9. The van der Waals surface area contributed by atoms with Gasteiger partial charge in [0.2, 0.25) is 0 Å². The topological polar surface area (TPSA) is 78.9 Å². The average molecular weight is 930 g/mol. The second-order valence-electron chi connectivity index (χ2n) is 19.9. The Morgan fingerprint density at radius 1 is 0.288 bits per heavy atom. The van der Waals surface area contributed by atoms with Crippen molar-refractivity contribution < 1.29 is 28.6 Å². The van der Waals surface area contributed by atoms with E-state index in [1.54, 1.807) is 0 Å². The van der Waals surface area contributed by atoms with Crippen molar-refractivity contribution in [3.05, 3.63) is 24.3 Å². The molecular formula is C60H112O6. The first kappa shape index (κ1) is 63.9. The number of carbonyl (C=O) groups excluding carboxylic acids is 3. The molecule has 388 valence electrons. The molecule has 0 aliphatic heterocycles. The van der Waals surface area contributed by atoms with Crippen molar-refractivity contribution in [2.24, 2.45) is 0 Å². The molecule has 0 saturated carbocycles. The van der Waals surface area contributed by atoms with E-state index in [-0.39, 0.29) is 31.1 Å². The van der Waals surface area contributed by atoms with Gasteiger partial charge in [-0.25, -0.2) is 0 Å². The van der Waals surface area contributed by atoms with Crippen LogP contribution in [0.5, 0.6) is 0 Å². The number of rotatable bonds is 54. The number of unbranched alkanes of at least 4 members (excludes halogenated alkanes) is 39. The van der Waals surface area contributed by atoms with Crippen LogP contribution < -0.4 is 0 Å². The molecule has 0 saturated heterocycles. The van der Waals surface area contributed by atoms with Gasteiger partial charge in [0.25, 0.3) is 0 Å². The van der Waals surface area contributed by atoms with Gasteiger partial charge in [0.15, 0.2) is 6.10 Å². The molecule has 0 bridgehead atoms. The second-order valence-corrected chi connectivity index (χ2v) is 19.9. The quantitative estimate of drug-likeness (QED) is 0.0262. The predicted molar refractivity (Wildman–Crippen MR) is 284 cm³/mol. The van der Waals surface area contributed by atoms with Crippen LogP contribution in [-0.2, 0) is 28.6 Å². The lowest BCUT2D eigenvalue weighted by Gasteiger charge is -2.18. The zero-order chi connectivity index (χ0) is 47.9. The first-order chi connectivity index (χ1) is 32.5. The minimum Gasteiger partial charge on any atom is -0.462 e. The van der Waals surface area contributed by atoms with E-state index >= 15 is 0 Å². The van der Waals surface area contributed by atoms with Gasteiger partial charge < -0.3 is 14.2 Å². The van der Waals surface area contributed by atoms with Crippen molar-refractivity contribution >= 4 is 17.9 Å². The Balaban J connectivity index is 4.33. The van der Waals surface area contributed by atoms with E-state index in [4.69, 9.17) is 14.2 Å². The molecule has 0 aromatic carbocycles. The van der Waals surface area contributed by atoms with E-state index in [0.717, 1.165) is 70.6 Å². The van der Waals surface area contributed by atoms with Crippen LogP contribution in [0.4, 0.5) is 0 Å². The zero-order valence-electron chi connectivity index (χ0n) is 44.5. The maximum Gasteiger partial charge on any atom is 0.306 e. The number of ether oxygens (including phenoxy) is 3.